The number of hydrogen-bond acceptors (Lipinski definition) is 4. The summed E-state index contributed by atoms with van der Waals surface area (Å²) >= 11 is 5.89. The van der Waals surface area contributed by atoms with E-state index in [0.29, 0.717) is 17.3 Å². The Balaban J connectivity index is 2.10. The normalized spacial score (nSPS) is 10.5. The van der Waals surface area contributed by atoms with Crippen LogP contribution in [0.4, 0.5) is 0 Å². The molecule has 6 nitrogen and oxygen atoms in total. The summed E-state index contributed by atoms with van der Waals surface area (Å²) in [4.78, 5) is 10.5. The Kier molecular flexibility index (Phi) is 3.88. The highest BCUT2D eigenvalue weighted by Gasteiger charge is 2.08. The van der Waals surface area contributed by atoms with Gasteiger partial charge in [-0.1, -0.05) is 23.7 Å². The second-order valence-corrected chi connectivity index (χ2v) is 4.21. The van der Waals surface area contributed by atoms with Crippen molar-refractivity contribution in [3.05, 3.63) is 40.7 Å². The molecule has 2 rings (SSSR count). The number of carboxylic acid groups (broad SMARTS) is 1. The van der Waals surface area contributed by atoms with Crippen LogP contribution in [0.1, 0.15) is 17.8 Å². The molecule has 0 aliphatic heterocycles. The minimum atomic E-state index is -0.876. The lowest BCUT2D eigenvalue weighted by molar-refractivity contribution is -0.137. The van der Waals surface area contributed by atoms with Crippen LogP contribution >= 0.6 is 11.6 Å². The van der Waals surface area contributed by atoms with Crippen LogP contribution < -0.4 is 0 Å². The zero-order chi connectivity index (χ0) is 13.0. The first-order chi connectivity index (χ1) is 8.65. The Hall–Kier alpha value is -1.95. The standard InChI is InChI=1S/C11H11ClN4O2/c12-9-3-1-2-8(6-9)7-10-13-14-15-16(10)5-4-11(17)18/h1-3,6H,4-5,7H2,(H,17,18). The molecule has 7 heteroatoms. The van der Waals surface area contributed by atoms with Crippen molar-refractivity contribution < 1.29 is 9.90 Å². The van der Waals surface area contributed by atoms with E-state index in [1.807, 2.05) is 18.2 Å². The third-order valence-corrected chi connectivity index (χ3v) is 2.63. The zero-order valence-electron chi connectivity index (χ0n) is 9.45. The molecule has 1 aromatic heterocycles. The number of benzene rings is 1. The van der Waals surface area contributed by atoms with E-state index in [4.69, 9.17) is 16.7 Å². The van der Waals surface area contributed by atoms with E-state index >= 15 is 0 Å². The van der Waals surface area contributed by atoms with Crippen molar-refractivity contribution in [3.8, 4) is 0 Å². The largest absolute Gasteiger partial charge is 0.481 e. The predicted molar refractivity (Wildman–Crippen MR) is 64.3 cm³/mol. The van der Waals surface area contributed by atoms with E-state index in [0.717, 1.165) is 5.56 Å². The highest BCUT2D eigenvalue weighted by molar-refractivity contribution is 6.30. The summed E-state index contributed by atoms with van der Waals surface area (Å²) < 4.78 is 1.50. The summed E-state index contributed by atoms with van der Waals surface area (Å²) in [7, 11) is 0. The third-order valence-electron chi connectivity index (χ3n) is 2.39. The fourth-order valence-corrected chi connectivity index (χ4v) is 1.77. The van der Waals surface area contributed by atoms with Crippen LogP contribution in [-0.2, 0) is 17.8 Å². The van der Waals surface area contributed by atoms with Gasteiger partial charge in [0.2, 0.25) is 0 Å². The number of carboxylic acids is 1. The zero-order valence-corrected chi connectivity index (χ0v) is 10.2. The minimum Gasteiger partial charge on any atom is -0.481 e. The van der Waals surface area contributed by atoms with Crippen LogP contribution in [0.15, 0.2) is 24.3 Å². The first-order valence-corrected chi connectivity index (χ1v) is 5.74. The quantitative estimate of drug-likeness (QED) is 0.884. The molecule has 1 N–H and O–H groups in total. The average Bonchev–Trinajstić information content (AvgIpc) is 2.74. The lowest BCUT2D eigenvalue weighted by Gasteiger charge is -2.03. The number of hydrogen-bond donors (Lipinski definition) is 1. The molecule has 94 valence electrons. The van der Waals surface area contributed by atoms with Crippen molar-refractivity contribution in [2.45, 2.75) is 19.4 Å². The van der Waals surface area contributed by atoms with Crippen LogP contribution in [0.2, 0.25) is 5.02 Å². The van der Waals surface area contributed by atoms with Gasteiger partial charge < -0.3 is 5.11 Å². The topological polar surface area (TPSA) is 80.9 Å². The molecule has 0 unspecified atom stereocenters. The van der Waals surface area contributed by atoms with E-state index in [-0.39, 0.29) is 13.0 Å². The molecule has 0 amide bonds. The fraction of sp³-hybridized carbons (Fsp3) is 0.273. The summed E-state index contributed by atoms with van der Waals surface area (Å²) in [5.74, 6) is -0.252. The van der Waals surface area contributed by atoms with Gasteiger partial charge >= 0.3 is 5.97 Å². The smallest absolute Gasteiger partial charge is 0.305 e. The molecule has 0 spiro atoms. The number of halogens is 1. The van der Waals surface area contributed by atoms with Crippen molar-refractivity contribution >= 4 is 17.6 Å². The SMILES string of the molecule is O=C(O)CCn1nnnc1Cc1cccc(Cl)c1. The van der Waals surface area contributed by atoms with Crippen molar-refractivity contribution in [1.29, 1.82) is 0 Å². The molecule has 0 aliphatic carbocycles. The van der Waals surface area contributed by atoms with Crippen LogP contribution in [0, 0.1) is 0 Å². The van der Waals surface area contributed by atoms with E-state index in [1.165, 1.54) is 4.68 Å². The monoisotopic (exact) mass is 266 g/mol. The van der Waals surface area contributed by atoms with Crippen molar-refractivity contribution in [2.24, 2.45) is 0 Å². The van der Waals surface area contributed by atoms with Gasteiger partial charge in [0.15, 0.2) is 5.82 Å². The van der Waals surface area contributed by atoms with Gasteiger partial charge in [-0.05, 0) is 28.1 Å². The number of aliphatic carboxylic acids is 1. The molecule has 1 aromatic carbocycles. The van der Waals surface area contributed by atoms with Gasteiger partial charge in [-0.3, -0.25) is 4.79 Å². The Morgan fingerprint density at radius 1 is 1.44 bits per heavy atom. The highest BCUT2D eigenvalue weighted by atomic mass is 35.5. The van der Waals surface area contributed by atoms with Gasteiger partial charge in [-0.25, -0.2) is 4.68 Å². The summed E-state index contributed by atoms with van der Waals surface area (Å²) in [5.41, 5.74) is 0.980. The summed E-state index contributed by atoms with van der Waals surface area (Å²) in [6.45, 7) is 0.262. The van der Waals surface area contributed by atoms with Gasteiger partial charge in [-0.2, -0.15) is 0 Å². The van der Waals surface area contributed by atoms with Gasteiger partial charge in [0, 0.05) is 11.4 Å². The second kappa shape index (κ2) is 5.59. The van der Waals surface area contributed by atoms with Crippen LogP contribution in [0.3, 0.4) is 0 Å². The average molecular weight is 267 g/mol. The van der Waals surface area contributed by atoms with Gasteiger partial charge in [-0.15, -0.1) is 5.10 Å². The molecule has 2 aromatic rings. The number of aromatic nitrogens is 4. The molecule has 0 bridgehead atoms. The maximum absolute atomic E-state index is 10.5. The predicted octanol–water partition coefficient (Wildman–Crippen LogP) is 1.39. The number of rotatable bonds is 5. The van der Waals surface area contributed by atoms with Gasteiger partial charge in [0.25, 0.3) is 0 Å². The fourth-order valence-electron chi connectivity index (χ4n) is 1.55. The van der Waals surface area contributed by atoms with E-state index in [1.54, 1.807) is 6.07 Å². The highest BCUT2D eigenvalue weighted by Crippen LogP contribution is 2.13. The molecule has 0 saturated carbocycles. The molecule has 0 fully saturated rings. The first kappa shape index (κ1) is 12.5. The molecule has 0 saturated heterocycles. The third kappa shape index (κ3) is 3.27. The second-order valence-electron chi connectivity index (χ2n) is 3.77. The van der Waals surface area contributed by atoms with Gasteiger partial charge in [0.1, 0.15) is 0 Å². The number of nitrogens with zero attached hydrogens (tertiary/aromatic N) is 4. The van der Waals surface area contributed by atoms with Crippen LogP contribution in [0.25, 0.3) is 0 Å². The maximum atomic E-state index is 10.5. The number of carbonyl (C=O) groups is 1. The van der Waals surface area contributed by atoms with E-state index in [2.05, 4.69) is 15.5 Å². The maximum Gasteiger partial charge on any atom is 0.305 e. The Morgan fingerprint density at radius 2 is 2.28 bits per heavy atom. The lowest BCUT2D eigenvalue weighted by Crippen LogP contribution is -2.10. The molecule has 0 atom stereocenters. The Labute approximate surface area is 108 Å². The Morgan fingerprint density at radius 3 is 3.00 bits per heavy atom. The summed E-state index contributed by atoms with van der Waals surface area (Å²) in [6, 6.07) is 7.39. The van der Waals surface area contributed by atoms with Crippen molar-refractivity contribution in [2.75, 3.05) is 0 Å². The van der Waals surface area contributed by atoms with Crippen LogP contribution in [0.5, 0.6) is 0 Å². The first-order valence-electron chi connectivity index (χ1n) is 5.36. The number of aryl methyl sites for hydroxylation is 1. The summed E-state index contributed by atoms with van der Waals surface area (Å²) in [5, 5.41) is 20.5. The van der Waals surface area contributed by atoms with Crippen molar-refractivity contribution in [1.82, 2.24) is 20.2 Å². The summed E-state index contributed by atoms with van der Waals surface area (Å²) in [6.07, 6.45) is 0.515. The molecular weight excluding hydrogens is 256 g/mol. The number of tetrazole rings is 1. The lowest BCUT2D eigenvalue weighted by atomic mass is 10.1. The molecule has 0 radical (unpaired) electrons. The van der Waals surface area contributed by atoms with Crippen LogP contribution in [-0.4, -0.2) is 31.3 Å². The minimum absolute atomic E-state index is 0.00636. The molecule has 18 heavy (non-hydrogen) atoms. The molecule has 0 aliphatic rings. The van der Waals surface area contributed by atoms with E-state index < -0.39 is 5.97 Å². The van der Waals surface area contributed by atoms with Crippen molar-refractivity contribution in [3.63, 3.8) is 0 Å². The van der Waals surface area contributed by atoms with E-state index in [9.17, 15) is 4.79 Å². The molecular formula is C11H11ClN4O2. The Bertz CT molecular complexity index is 555. The van der Waals surface area contributed by atoms with Gasteiger partial charge in [0.05, 0.1) is 13.0 Å². The molecule has 1 heterocycles.